The van der Waals surface area contributed by atoms with Crippen molar-refractivity contribution in [1.29, 1.82) is 0 Å². The van der Waals surface area contributed by atoms with Crippen molar-refractivity contribution in [2.24, 2.45) is 0 Å². The van der Waals surface area contributed by atoms with Crippen LogP contribution in [0, 0.1) is 0 Å². The molecule has 1 heterocycles. The molecule has 4 rings (SSSR count). The summed E-state index contributed by atoms with van der Waals surface area (Å²) in [6, 6.07) is 14.7. The van der Waals surface area contributed by atoms with Gasteiger partial charge in [-0.05, 0) is 42.7 Å². The van der Waals surface area contributed by atoms with Crippen molar-refractivity contribution < 1.29 is 19.1 Å². The summed E-state index contributed by atoms with van der Waals surface area (Å²) in [5, 5.41) is 3.17. The van der Waals surface area contributed by atoms with Gasteiger partial charge in [-0.2, -0.15) is 0 Å². The van der Waals surface area contributed by atoms with E-state index in [2.05, 4.69) is 15.3 Å². The smallest absolute Gasteiger partial charge is 0.337 e. The molecule has 180 valence electrons. The molecule has 0 spiro atoms. The summed E-state index contributed by atoms with van der Waals surface area (Å²) in [6.45, 7) is 0. The molecule has 8 nitrogen and oxygen atoms in total. The number of hydrogen-bond donors (Lipinski definition) is 1. The SMILES string of the molecule is COC(=O)c1ccc(N(C(=O)c2cnccn2)[C@@H](C(=O)NC2CCCCC2)c2ccccc2)cc1. The molecule has 1 aromatic heterocycles. The number of nitrogens with zero attached hydrogens (tertiary/aromatic N) is 3. The lowest BCUT2D eigenvalue weighted by Crippen LogP contribution is -2.47. The number of benzene rings is 2. The lowest BCUT2D eigenvalue weighted by atomic mass is 9.94. The maximum Gasteiger partial charge on any atom is 0.337 e. The van der Waals surface area contributed by atoms with Crippen molar-refractivity contribution in [1.82, 2.24) is 15.3 Å². The van der Waals surface area contributed by atoms with Crippen molar-refractivity contribution in [2.75, 3.05) is 12.0 Å². The first-order valence-corrected chi connectivity index (χ1v) is 11.7. The number of carbonyl (C=O) groups excluding carboxylic acids is 3. The molecular weight excluding hydrogens is 444 g/mol. The molecule has 1 atom stereocenters. The molecule has 0 aliphatic heterocycles. The highest BCUT2D eigenvalue weighted by Crippen LogP contribution is 2.30. The van der Waals surface area contributed by atoms with Crippen LogP contribution in [0.5, 0.6) is 0 Å². The van der Waals surface area contributed by atoms with E-state index in [1.165, 1.54) is 30.6 Å². The van der Waals surface area contributed by atoms with E-state index in [1.54, 1.807) is 24.3 Å². The van der Waals surface area contributed by atoms with Gasteiger partial charge < -0.3 is 10.1 Å². The van der Waals surface area contributed by atoms with E-state index in [0.717, 1.165) is 32.1 Å². The Labute approximate surface area is 204 Å². The number of rotatable bonds is 7. The van der Waals surface area contributed by atoms with Gasteiger partial charge in [-0.3, -0.25) is 19.5 Å². The largest absolute Gasteiger partial charge is 0.465 e. The van der Waals surface area contributed by atoms with Gasteiger partial charge in [0, 0.05) is 24.1 Å². The zero-order valence-corrected chi connectivity index (χ0v) is 19.6. The van der Waals surface area contributed by atoms with Crippen LogP contribution in [0.15, 0.2) is 73.2 Å². The van der Waals surface area contributed by atoms with Gasteiger partial charge in [0.25, 0.3) is 5.91 Å². The molecule has 0 saturated heterocycles. The Balaban J connectivity index is 1.78. The fraction of sp³-hybridized carbons (Fsp3) is 0.296. The van der Waals surface area contributed by atoms with Crippen LogP contribution in [0.3, 0.4) is 0 Å². The minimum atomic E-state index is -0.948. The number of hydrogen-bond acceptors (Lipinski definition) is 6. The quantitative estimate of drug-likeness (QED) is 0.520. The van der Waals surface area contributed by atoms with E-state index in [-0.39, 0.29) is 17.6 Å². The van der Waals surface area contributed by atoms with Crippen LogP contribution in [0.25, 0.3) is 0 Å². The molecule has 0 radical (unpaired) electrons. The highest BCUT2D eigenvalue weighted by Gasteiger charge is 2.35. The van der Waals surface area contributed by atoms with E-state index in [0.29, 0.717) is 16.8 Å². The first kappa shape index (κ1) is 24.1. The van der Waals surface area contributed by atoms with Gasteiger partial charge in [-0.25, -0.2) is 9.78 Å². The predicted octanol–water partition coefficient (Wildman–Crippen LogP) is 4.10. The Bertz CT molecular complexity index is 1150. The maximum absolute atomic E-state index is 13.8. The summed E-state index contributed by atoms with van der Waals surface area (Å²) in [6.07, 6.45) is 9.43. The van der Waals surface area contributed by atoms with Crippen LogP contribution in [-0.4, -0.2) is 40.9 Å². The van der Waals surface area contributed by atoms with Crippen molar-refractivity contribution in [3.8, 4) is 0 Å². The summed E-state index contributed by atoms with van der Waals surface area (Å²) >= 11 is 0. The van der Waals surface area contributed by atoms with Gasteiger partial charge in [0.2, 0.25) is 5.91 Å². The lowest BCUT2D eigenvalue weighted by molar-refractivity contribution is -0.123. The van der Waals surface area contributed by atoms with E-state index in [9.17, 15) is 14.4 Å². The Morgan fingerprint density at radius 1 is 0.971 bits per heavy atom. The number of aromatic nitrogens is 2. The molecule has 35 heavy (non-hydrogen) atoms. The Morgan fingerprint density at radius 3 is 2.31 bits per heavy atom. The molecule has 0 unspecified atom stereocenters. The van der Waals surface area contributed by atoms with E-state index < -0.39 is 17.9 Å². The molecule has 3 aromatic rings. The van der Waals surface area contributed by atoms with Gasteiger partial charge in [0.05, 0.1) is 18.9 Å². The molecule has 1 saturated carbocycles. The molecule has 1 fully saturated rings. The van der Waals surface area contributed by atoms with Gasteiger partial charge >= 0.3 is 5.97 Å². The summed E-state index contributed by atoms with van der Waals surface area (Å²) < 4.78 is 4.79. The molecule has 1 aliphatic carbocycles. The fourth-order valence-electron chi connectivity index (χ4n) is 4.37. The first-order chi connectivity index (χ1) is 17.1. The van der Waals surface area contributed by atoms with Crippen LogP contribution >= 0.6 is 0 Å². The summed E-state index contributed by atoms with van der Waals surface area (Å²) in [7, 11) is 1.31. The number of amides is 2. The average Bonchev–Trinajstić information content (AvgIpc) is 2.92. The molecule has 1 N–H and O–H groups in total. The average molecular weight is 473 g/mol. The van der Waals surface area contributed by atoms with E-state index in [1.807, 2.05) is 30.3 Å². The monoisotopic (exact) mass is 472 g/mol. The van der Waals surface area contributed by atoms with E-state index >= 15 is 0 Å². The van der Waals surface area contributed by atoms with Gasteiger partial charge in [-0.1, -0.05) is 49.6 Å². The zero-order chi connectivity index (χ0) is 24.6. The Hall–Kier alpha value is -4.07. The van der Waals surface area contributed by atoms with Crippen molar-refractivity contribution >= 4 is 23.5 Å². The highest BCUT2D eigenvalue weighted by atomic mass is 16.5. The molecule has 8 heteroatoms. The van der Waals surface area contributed by atoms with Gasteiger partial charge in [0.15, 0.2) is 0 Å². The molecule has 2 amide bonds. The normalized spacial score (nSPS) is 14.5. The standard InChI is InChI=1S/C27H28N4O4/c1-35-27(34)20-12-14-22(15-13-20)31(26(33)23-18-28-16-17-29-23)24(19-8-4-2-5-9-19)25(32)30-21-10-6-3-7-11-21/h2,4-5,8-9,12-18,21,24H,3,6-7,10-11H2,1H3,(H,30,32)/t24-/m1/s1. The minimum Gasteiger partial charge on any atom is -0.465 e. The molecular formula is C27H28N4O4. The third kappa shape index (κ3) is 5.71. The van der Waals surface area contributed by atoms with Crippen LogP contribution in [-0.2, 0) is 9.53 Å². The molecule has 0 bridgehead atoms. The second-order valence-corrected chi connectivity index (χ2v) is 8.46. The highest BCUT2D eigenvalue weighted by molar-refractivity contribution is 6.09. The van der Waals surface area contributed by atoms with Gasteiger partial charge in [-0.15, -0.1) is 0 Å². The van der Waals surface area contributed by atoms with Crippen LogP contribution in [0.4, 0.5) is 5.69 Å². The molecule has 2 aromatic carbocycles. The second kappa shape index (κ2) is 11.4. The third-order valence-corrected chi connectivity index (χ3v) is 6.14. The second-order valence-electron chi connectivity index (χ2n) is 8.46. The van der Waals surface area contributed by atoms with Gasteiger partial charge in [0.1, 0.15) is 11.7 Å². The summed E-state index contributed by atoms with van der Waals surface area (Å²) in [4.78, 5) is 49.1. The number of ether oxygens (including phenoxy) is 1. The van der Waals surface area contributed by atoms with Crippen molar-refractivity contribution in [3.05, 3.63) is 90.0 Å². The maximum atomic E-state index is 13.8. The van der Waals surface area contributed by atoms with Crippen LogP contribution in [0.1, 0.15) is 64.6 Å². The number of anilines is 1. The summed E-state index contributed by atoms with van der Waals surface area (Å²) in [5.41, 5.74) is 1.55. The number of carbonyl (C=O) groups is 3. The first-order valence-electron chi connectivity index (χ1n) is 11.7. The molecule has 1 aliphatic rings. The van der Waals surface area contributed by atoms with E-state index in [4.69, 9.17) is 4.74 Å². The predicted molar refractivity (Wildman–Crippen MR) is 131 cm³/mol. The third-order valence-electron chi connectivity index (χ3n) is 6.14. The topological polar surface area (TPSA) is 101 Å². The van der Waals surface area contributed by atoms with Crippen molar-refractivity contribution in [3.63, 3.8) is 0 Å². The Kier molecular flexibility index (Phi) is 7.82. The van der Waals surface area contributed by atoms with Crippen LogP contribution < -0.4 is 10.2 Å². The zero-order valence-electron chi connectivity index (χ0n) is 19.6. The summed E-state index contributed by atoms with van der Waals surface area (Å²) in [5.74, 6) is -1.23. The fourth-order valence-corrected chi connectivity index (χ4v) is 4.37. The number of methoxy groups -OCH3 is 1. The van der Waals surface area contributed by atoms with Crippen LogP contribution in [0.2, 0.25) is 0 Å². The van der Waals surface area contributed by atoms with Crippen molar-refractivity contribution in [2.45, 2.75) is 44.2 Å². The Morgan fingerprint density at radius 2 is 1.69 bits per heavy atom. The lowest BCUT2D eigenvalue weighted by Gasteiger charge is -2.33. The number of esters is 1. The number of nitrogens with one attached hydrogen (secondary N) is 1. The minimum absolute atomic E-state index is 0.0673.